The van der Waals surface area contributed by atoms with Gasteiger partial charge in [0.05, 0.1) is 5.92 Å². The van der Waals surface area contributed by atoms with E-state index in [0.29, 0.717) is 5.92 Å². The molecule has 3 nitrogen and oxygen atoms in total. The molecule has 0 bridgehead atoms. The maximum atomic E-state index is 10.7. The van der Waals surface area contributed by atoms with Crippen LogP contribution in [0.1, 0.15) is 32.6 Å². The van der Waals surface area contributed by atoms with Crippen molar-refractivity contribution >= 4 is 5.97 Å². The van der Waals surface area contributed by atoms with Crippen LogP contribution in [0.2, 0.25) is 0 Å². The van der Waals surface area contributed by atoms with E-state index in [0.717, 1.165) is 19.1 Å². The second kappa shape index (κ2) is 3.89. The Labute approximate surface area is 85.1 Å². The van der Waals surface area contributed by atoms with E-state index in [2.05, 4.69) is 4.90 Å². The predicted octanol–water partition coefficient (Wildman–Crippen LogP) is 1.58. The van der Waals surface area contributed by atoms with Crippen LogP contribution in [-0.4, -0.2) is 35.1 Å². The molecule has 1 atom stereocenters. The van der Waals surface area contributed by atoms with Gasteiger partial charge in [-0.25, -0.2) is 0 Å². The molecule has 2 aliphatic rings. The van der Waals surface area contributed by atoms with Crippen LogP contribution in [0.25, 0.3) is 0 Å². The molecule has 3 heteroatoms. The zero-order valence-electron chi connectivity index (χ0n) is 8.78. The largest absolute Gasteiger partial charge is 0.481 e. The van der Waals surface area contributed by atoms with Gasteiger partial charge in [-0.05, 0) is 18.8 Å². The highest BCUT2D eigenvalue weighted by Gasteiger charge is 2.38. The Balaban J connectivity index is 1.75. The Morgan fingerprint density at radius 3 is 2.43 bits per heavy atom. The summed E-state index contributed by atoms with van der Waals surface area (Å²) < 4.78 is 0. The molecule has 1 aliphatic carbocycles. The van der Waals surface area contributed by atoms with Gasteiger partial charge in [-0.2, -0.15) is 0 Å². The molecule has 0 amide bonds. The fourth-order valence-corrected chi connectivity index (χ4v) is 2.63. The first-order valence-electron chi connectivity index (χ1n) is 5.65. The monoisotopic (exact) mass is 197 g/mol. The van der Waals surface area contributed by atoms with Crippen LogP contribution in [0, 0.1) is 11.8 Å². The van der Waals surface area contributed by atoms with Crippen molar-refractivity contribution in [3.8, 4) is 0 Å². The van der Waals surface area contributed by atoms with Crippen molar-refractivity contribution in [3.05, 3.63) is 0 Å². The van der Waals surface area contributed by atoms with Gasteiger partial charge in [0.15, 0.2) is 0 Å². The summed E-state index contributed by atoms with van der Waals surface area (Å²) in [5, 5.41) is 8.85. The number of rotatable bonds is 3. The van der Waals surface area contributed by atoms with Gasteiger partial charge >= 0.3 is 5.97 Å². The molecular formula is C11H19NO2. The Kier molecular flexibility index (Phi) is 2.77. The zero-order valence-corrected chi connectivity index (χ0v) is 8.78. The van der Waals surface area contributed by atoms with Gasteiger partial charge in [0, 0.05) is 19.1 Å². The maximum Gasteiger partial charge on any atom is 0.306 e. The lowest BCUT2D eigenvalue weighted by atomic mass is 9.86. The molecule has 1 aliphatic heterocycles. The molecule has 0 radical (unpaired) electrons. The molecule has 2 fully saturated rings. The molecule has 2 rings (SSSR count). The average molecular weight is 197 g/mol. The number of carbonyl (C=O) groups is 1. The first-order chi connectivity index (χ1) is 6.68. The minimum absolute atomic E-state index is 0.160. The smallest absolute Gasteiger partial charge is 0.306 e. The van der Waals surface area contributed by atoms with Crippen molar-refractivity contribution in [1.82, 2.24) is 4.90 Å². The van der Waals surface area contributed by atoms with Gasteiger partial charge in [-0.3, -0.25) is 9.69 Å². The van der Waals surface area contributed by atoms with Crippen LogP contribution in [0.15, 0.2) is 0 Å². The molecule has 1 saturated carbocycles. The molecular weight excluding hydrogens is 178 g/mol. The SMILES string of the molecule is CC(C(=O)O)C1CN(C2CCCC2)C1. The molecule has 80 valence electrons. The zero-order chi connectivity index (χ0) is 10.1. The van der Waals surface area contributed by atoms with Crippen molar-refractivity contribution in [3.63, 3.8) is 0 Å². The summed E-state index contributed by atoms with van der Waals surface area (Å²) in [4.78, 5) is 13.2. The van der Waals surface area contributed by atoms with Gasteiger partial charge in [-0.1, -0.05) is 19.8 Å². The summed E-state index contributed by atoms with van der Waals surface area (Å²) in [6.07, 6.45) is 5.38. The van der Waals surface area contributed by atoms with Gasteiger partial charge < -0.3 is 5.11 Å². The van der Waals surface area contributed by atoms with Crippen LogP contribution in [-0.2, 0) is 4.79 Å². The maximum absolute atomic E-state index is 10.7. The van der Waals surface area contributed by atoms with Gasteiger partial charge in [-0.15, -0.1) is 0 Å². The van der Waals surface area contributed by atoms with Crippen LogP contribution in [0.4, 0.5) is 0 Å². The van der Waals surface area contributed by atoms with Crippen molar-refractivity contribution in [1.29, 1.82) is 0 Å². The minimum Gasteiger partial charge on any atom is -0.481 e. The number of aliphatic carboxylic acids is 1. The van der Waals surface area contributed by atoms with Crippen molar-refractivity contribution in [2.75, 3.05) is 13.1 Å². The Hall–Kier alpha value is -0.570. The second-order valence-corrected chi connectivity index (χ2v) is 4.78. The van der Waals surface area contributed by atoms with Gasteiger partial charge in [0.2, 0.25) is 0 Å². The molecule has 0 aromatic rings. The standard InChI is InChI=1S/C11H19NO2/c1-8(11(13)14)9-6-12(7-9)10-4-2-3-5-10/h8-10H,2-7H2,1H3,(H,13,14). The lowest BCUT2D eigenvalue weighted by Gasteiger charge is -2.44. The summed E-state index contributed by atoms with van der Waals surface area (Å²) in [5.41, 5.74) is 0. The quantitative estimate of drug-likeness (QED) is 0.746. The average Bonchev–Trinajstić information content (AvgIpc) is 2.54. The highest BCUT2D eigenvalue weighted by Crippen LogP contribution is 2.32. The van der Waals surface area contributed by atoms with Crippen molar-refractivity contribution < 1.29 is 9.90 Å². The molecule has 1 unspecified atom stereocenters. The topological polar surface area (TPSA) is 40.5 Å². The van der Waals surface area contributed by atoms with E-state index in [4.69, 9.17) is 5.11 Å². The third-order valence-electron chi connectivity index (χ3n) is 3.88. The highest BCUT2D eigenvalue weighted by atomic mass is 16.4. The molecule has 0 aromatic heterocycles. The summed E-state index contributed by atoms with van der Waals surface area (Å²) >= 11 is 0. The third kappa shape index (κ3) is 1.78. The fraction of sp³-hybridized carbons (Fsp3) is 0.909. The Morgan fingerprint density at radius 1 is 1.36 bits per heavy atom. The number of hydrogen-bond acceptors (Lipinski definition) is 2. The van der Waals surface area contributed by atoms with Crippen LogP contribution >= 0.6 is 0 Å². The highest BCUT2D eigenvalue weighted by molar-refractivity contribution is 5.70. The number of hydrogen-bond donors (Lipinski definition) is 1. The molecule has 0 aromatic carbocycles. The summed E-state index contributed by atoms with van der Waals surface area (Å²) in [5.74, 6) is -0.401. The summed E-state index contributed by atoms with van der Waals surface area (Å²) in [6.45, 7) is 3.86. The first kappa shape index (κ1) is 9.97. The van der Waals surface area contributed by atoms with Gasteiger partial charge in [0.25, 0.3) is 0 Å². The third-order valence-corrected chi connectivity index (χ3v) is 3.88. The molecule has 0 spiro atoms. The number of carboxylic acids is 1. The minimum atomic E-state index is -0.638. The normalized spacial score (nSPS) is 27.5. The van der Waals surface area contributed by atoms with E-state index in [9.17, 15) is 4.79 Å². The number of nitrogens with zero attached hydrogens (tertiary/aromatic N) is 1. The van der Waals surface area contributed by atoms with E-state index in [1.54, 1.807) is 0 Å². The van der Waals surface area contributed by atoms with Crippen LogP contribution in [0.5, 0.6) is 0 Å². The lowest BCUT2D eigenvalue weighted by molar-refractivity contribution is -0.146. The first-order valence-corrected chi connectivity index (χ1v) is 5.65. The van der Waals surface area contributed by atoms with E-state index >= 15 is 0 Å². The fourth-order valence-electron chi connectivity index (χ4n) is 2.63. The molecule has 1 N–H and O–H groups in total. The molecule has 1 saturated heterocycles. The van der Waals surface area contributed by atoms with E-state index < -0.39 is 5.97 Å². The second-order valence-electron chi connectivity index (χ2n) is 4.78. The summed E-state index contributed by atoms with van der Waals surface area (Å²) in [7, 11) is 0. The van der Waals surface area contributed by atoms with Crippen molar-refractivity contribution in [2.45, 2.75) is 38.6 Å². The predicted molar refractivity (Wildman–Crippen MR) is 54.1 cm³/mol. The van der Waals surface area contributed by atoms with Gasteiger partial charge in [0.1, 0.15) is 0 Å². The number of carboxylic acid groups (broad SMARTS) is 1. The molecule has 1 heterocycles. The summed E-state index contributed by atoms with van der Waals surface area (Å²) in [6, 6.07) is 0.771. The Morgan fingerprint density at radius 2 is 1.93 bits per heavy atom. The molecule has 14 heavy (non-hydrogen) atoms. The van der Waals surface area contributed by atoms with Crippen LogP contribution < -0.4 is 0 Å². The number of likely N-dealkylation sites (tertiary alicyclic amines) is 1. The lowest BCUT2D eigenvalue weighted by Crippen LogP contribution is -2.54. The van der Waals surface area contributed by atoms with Crippen LogP contribution in [0.3, 0.4) is 0 Å². The van der Waals surface area contributed by atoms with E-state index in [1.165, 1.54) is 25.7 Å². The van der Waals surface area contributed by atoms with E-state index in [-0.39, 0.29) is 5.92 Å². The van der Waals surface area contributed by atoms with Crippen molar-refractivity contribution in [2.24, 2.45) is 11.8 Å². The van der Waals surface area contributed by atoms with E-state index in [1.807, 2.05) is 6.92 Å². The Bertz CT molecular complexity index is 217.